The molecule has 1 atom stereocenters. The Bertz CT molecular complexity index is 430. The van der Waals surface area contributed by atoms with Crippen molar-refractivity contribution in [1.29, 1.82) is 0 Å². The van der Waals surface area contributed by atoms with E-state index in [-0.39, 0.29) is 17.8 Å². The lowest BCUT2D eigenvalue weighted by Gasteiger charge is -2.25. The molecule has 0 aliphatic carbocycles. The normalized spacial score (nSPS) is 19.1. The van der Waals surface area contributed by atoms with Gasteiger partial charge in [-0.2, -0.15) is 0 Å². The lowest BCUT2D eigenvalue weighted by molar-refractivity contribution is 0.00708. The molecule has 104 valence electrons. The SMILES string of the molecule is CN(CCC1CCCCO1)C(=O)c1ccncc1O. The van der Waals surface area contributed by atoms with Crippen molar-refractivity contribution in [3.05, 3.63) is 24.0 Å². The van der Waals surface area contributed by atoms with Gasteiger partial charge in [0.05, 0.1) is 17.9 Å². The Balaban J connectivity index is 1.87. The van der Waals surface area contributed by atoms with E-state index in [2.05, 4.69) is 4.98 Å². The molecule has 2 rings (SSSR count). The second kappa shape index (κ2) is 6.52. The highest BCUT2D eigenvalue weighted by atomic mass is 16.5. The third-order valence-corrected chi connectivity index (χ3v) is 3.44. The lowest BCUT2D eigenvalue weighted by atomic mass is 10.1. The van der Waals surface area contributed by atoms with Crippen LogP contribution in [0, 0.1) is 0 Å². The molecule has 0 saturated carbocycles. The number of hydrogen-bond donors (Lipinski definition) is 1. The van der Waals surface area contributed by atoms with Crippen molar-refractivity contribution in [3.8, 4) is 5.75 Å². The van der Waals surface area contributed by atoms with Crippen LogP contribution in [0.5, 0.6) is 5.75 Å². The molecule has 1 unspecified atom stereocenters. The quantitative estimate of drug-likeness (QED) is 0.901. The summed E-state index contributed by atoms with van der Waals surface area (Å²) >= 11 is 0. The molecular weight excluding hydrogens is 244 g/mol. The fraction of sp³-hybridized carbons (Fsp3) is 0.571. The molecule has 5 nitrogen and oxygen atoms in total. The van der Waals surface area contributed by atoms with Gasteiger partial charge in [0.1, 0.15) is 5.75 Å². The third-order valence-electron chi connectivity index (χ3n) is 3.44. The molecule has 1 N–H and O–H groups in total. The molecule has 0 spiro atoms. The van der Waals surface area contributed by atoms with Gasteiger partial charge in [-0.25, -0.2) is 0 Å². The highest BCUT2D eigenvalue weighted by molar-refractivity contribution is 5.96. The highest BCUT2D eigenvalue weighted by Crippen LogP contribution is 2.18. The zero-order chi connectivity index (χ0) is 13.7. The van der Waals surface area contributed by atoms with Crippen molar-refractivity contribution in [1.82, 2.24) is 9.88 Å². The zero-order valence-electron chi connectivity index (χ0n) is 11.2. The Morgan fingerprint density at radius 2 is 2.42 bits per heavy atom. The van der Waals surface area contributed by atoms with Crippen LogP contribution in [0.1, 0.15) is 36.0 Å². The van der Waals surface area contributed by atoms with E-state index in [0.29, 0.717) is 12.1 Å². The predicted molar refractivity (Wildman–Crippen MR) is 71.1 cm³/mol. The molecule has 0 bridgehead atoms. The summed E-state index contributed by atoms with van der Waals surface area (Å²) in [6.07, 6.45) is 7.30. The van der Waals surface area contributed by atoms with Crippen LogP contribution in [0.3, 0.4) is 0 Å². The standard InChI is InChI=1S/C14H20N2O3/c1-16(8-6-11-4-2-3-9-19-11)14(18)12-5-7-15-10-13(12)17/h5,7,10-11,17H,2-4,6,8-9H2,1H3. The maximum absolute atomic E-state index is 12.1. The highest BCUT2D eigenvalue weighted by Gasteiger charge is 2.18. The average molecular weight is 264 g/mol. The van der Waals surface area contributed by atoms with Gasteiger partial charge < -0.3 is 14.7 Å². The predicted octanol–water partition coefficient (Wildman–Crippen LogP) is 1.82. The van der Waals surface area contributed by atoms with Gasteiger partial charge in [0, 0.05) is 26.4 Å². The molecule has 0 aromatic carbocycles. The molecule has 1 aromatic rings. The van der Waals surface area contributed by atoms with Crippen LogP contribution in [0.2, 0.25) is 0 Å². The molecule has 1 saturated heterocycles. The van der Waals surface area contributed by atoms with Crippen molar-refractivity contribution in [2.45, 2.75) is 31.8 Å². The number of amides is 1. The van der Waals surface area contributed by atoms with Crippen LogP contribution in [0.4, 0.5) is 0 Å². The van der Waals surface area contributed by atoms with Gasteiger partial charge in [0.2, 0.25) is 0 Å². The van der Waals surface area contributed by atoms with Crippen LogP contribution in [0.15, 0.2) is 18.5 Å². The van der Waals surface area contributed by atoms with Gasteiger partial charge in [-0.3, -0.25) is 9.78 Å². The molecule has 5 heteroatoms. The Labute approximate surface area is 113 Å². The van der Waals surface area contributed by atoms with E-state index in [1.54, 1.807) is 11.9 Å². The van der Waals surface area contributed by atoms with Gasteiger partial charge in [-0.05, 0) is 31.7 Å². The van der Waals surface area contributed by atoms with E-state index >= 15 is 0 Å². The molecule has 1 aliphatic rings. The number of aromatic nitrogens is 1. The summed E-state index contributed by atoms with van der Waals surface area (Å²) in [6, 6.07) is 1.53. The molecule has 1 fully saturated rings. The van der Waals surface area contributed by atoms with Crippen LogP contribution in [-0.4, -0.2) is 47.2 Å². The topological polar surface area (TPSA) is 62.7 Å². The molecule has 19 heavy (non-hydrogen) atoms. The molecule has 0 radical (unpaired) electrons. The number of ether oxygens (including phenoxy) is 1. The largest absolute Gasteiger partial charge is 0.505 e. The first kappa shape index (κ1) is 13.8. The maximum Gasteiger partial charge on any atom is 0.257 e. The molecule has 1 amide bonds. The Morgan fingerprint density at radius 1 is 1.58 bits per heavy atom. The minimum atomic E-state index is -0.185. The summed E-state index contributed by atoms with van der Waals surface area (Å²) in [5.41, 5.74) is 0.294. The van der Waals surface area contributed by atoms with Crippen molar-refractivity contribution >= 4 is 5.91 Å². The van der Waals surface area contributed by atoms with Crippen LogP contribution in [-0.2, 0) is 4.74 Å². The summed E-state index contributed by atoms with van der Waals surface area (Å²) in [4.78, 5) is 17.5. The first-order valence-electron chi connectivity index (χ1n) is 6.68. The summed E-state index contributed by atoms with van der Waals surface area (Å²) < 4.78 is 5.64. The number of carbonyl (C=O) groups is 1. The lowest BCUT2D eigenvalue weighted by Crippen LogP contribution is -2.31. The second-order valence-electron chi connectivity index (χ2n) is 4.90. The van der Waals surface area contributed by atoms with E-state index in [4.69, 9.17) is 4.74 Å². The first-order chi connectivity index (χ1) is 9.18. The van der Waals surface area contributed by atoms with Crippen LogP contribution >= 0.6 is 0 Å². The van der Waals surface area contributed by atoms with E-state index < -0.39 is 0 Å². The van der Waals surface area contributed by atoms with Crippen LogP contribution in [0.25, 0.3) is 0 Å². The molecule has 1 aliphatic heterocycles. The third kappa shape index (κ3) is 3.67. The number of rotatable bonds is 4. The average Bonchev–Trinajstić information content (AvgIpc) is 2.45. The van der Waals surface area contributed by atoms with Crippen molar-refractivity contribution < 1.29 is 14.6 Å². The summed E-state index contributed by atoms with van der Waals surface area (Å²) in [6.45, 7) is 1.46. The minimum Gasteiger partial charge on any atom is -0.505 e. The number of aromatic hydroxyl groups is 1. The molecule has 2 heterocycles. The number of carbonyl (C=O) groups excluding carboxylic acids is 1. The number of pyridine rings is 1. The van der Waals surface area contributed by atoms with Crippen molar-refractivity contribution in [3.63, 3.8) is 0 Å². The number of hydrogen-bond acceptors (Lipinski definition) is 4. The van der Waals surface area contributed by atoms with Gasteiger partial charge in [-0.1, -0.05) is 0 Å². The zero-order valence-corrected chi connectivity index (χ0v) is 11.2. The Kier molecular flexibility index (Phi) is 4.74. The van der Waals surface area contributed by atoms with Crippen molar-refractivity contribution in [2.24, 2.45) is 0 Å². The monoisotopic (exact) mass is 264 g/mol. The van der Waals surface area contributed by atoms with Gasteiger partial charge >= 0.3 is 0 Å². The second-order valence-corrected chi connectivity index (χ2v) is 4.90. The first-order valence-corrected chi connectivity index (χ1v) is 6.68. The maximum atomic E-state index is 12.1. The summed E-state index contributed by atoms with van der Waals surface area (Å²) in [7, 11) is 1.74. The van der Waals surface area contributed by atoms with E-state index in [9.17, 15) is 9.90 Å². The fourth-order valence-corrected chi connectivity index (χ4v) is 2.25. The summed E-state index contributed by atoms with van der Waals surface area (Å²) in [5, 5.41) is 9.61. The smallest absolute Gasteiger partial charge is 0.257 e. The molecular formula is C14H20N2O3. The van der Waals surface area contributed by atoms with Crippen LogP contribution < -0.4 is 0 Å². The molecule has 1 aromatic heterocycles. The Hall–Kier alpha value is -1.62. The van der Waals surface area contributed by atoms with Gasteiger partial charge in [0.15, 0.2) is 0 Å². The Morgan fingerprint density at radius 3 is 3.11 bits per heavy atom. The summed E-state index contributed by atoms with van der Waals surface area (Å²) in [5.74, 6) is -0.260. The van der Waals surface area contributed by atoms with Gasteiger partial charge in [0.25, 0.3) is 5.91 Å². The van der Waals surface area contributed by atoms with E-state index in [0.717, 1.165) is 25.9 Å². The number of nitrogens with zero attached hydrogens (tertiary/aromatic N) is 2. The van der Waals surface area contributed by atoms with Crippen molar-refractivity contribution in [2.75, 3.05) is 20.2 Å². The minimum absolute atomic E-state index is 0.0757. The van der Waals surface area contributed by atoms with E-state index in [1.165, 1.54) is 24.9 Å². The van der Waals surface area contributed by atoms with Gasteiger partial charge in [-0.15, -0.1) is 0 Å². The fourth-order valence-electron chi connectivity index (χ4n) is 2.25. The van der Waals surface area contributed by atoms with E-state index in [1.807, 2.05) is 0 Å².